The number of aliphatic hydroxyl groups excluding tert-OH is 1. The first-order valence-electron chi connectivity index (χ1n) is 8.23. The second kappa shape index (κ2) is 6.14. The first kappa shape index (κ1) is 16.9. The van der Waals surface area contributed by atoms with E-state index in [1.807, 2.05) is 13.8 Å². The Balaban J connectivity index is 1.79. The number of carbonyl (C=O) groups is 2. The van der Waals surface area contributed by atoms with Crippen molar-refractivity contribution >= 4 is 11.7 Å². The van der Waals surface area contributed by atoms with Crippen LogP contribution in [-0.2, 0) is 6.42 Å². The molecule has 7 nitrogen and oxygen atoms in total. The number of hydrogen-bond donors (Lipinski definition) is 4. The molecule has 4 N–H and O–H groups in total. The van der Waals surface area contributed by atoms with Gasteiger partial charge in [-0.05, 0) is 17.9 Å². The van der Waals surface area contributed by atoms with Gasteiger partial charge in [-0.15, -0.1) is 0 Å². The Hall–Kier alpha value is -1.99. The topological polar surface area (TPSA) is 111 Å². The molecule has 24 heavy (non-hydrogen) atoms. The highest BCUT2D eigenvalue weighted by molar-refractivity contribution is 6.02. The van der Waals surface area contributed by atoms with Crippen molar-refractivity contribution < 1.29 is 14.7 Å². The fraction of sp³-hybridized carbons (Fsp3) is 0.588. The van der Waals surface area contributed by atoms with E-state index in [2.05, 4.69) is 15.6 Å². The van der Waals surface area contributed by atoms with Gasteiger partial charge in [0.15, 0.2) is 5.78 Å². The molecule has 2 atom stereocenters. The third-order valence-corrected chi connectivity index (χ3v) is 4.79. The fourth-order valence-corrected chi connectivity index (χ4v) is 3.44. The smallest absolute Gasteiger partial charge is 0.261 e. The van der Waals surface area contributed by atoms with Gasteiger partial charge in [-0.1, -0.05) is 13.8 Å². The first-order valence-corrected chi connectivity index (χ1v) is 8.23. The molecule has 7 heteroatoms. The van der Waals surface area contributed by atoms with Crippen molar-refractivity contribution in [3.63, 3.8) is 0 Å². The lowest BCUT2D eigenvalue weighted by Crippen LogP contribution is -2.38. The van der Waals surface area contributed by atoms with Crippen LogP contribution in [0.15, 0.2) is 10.9 Å². The van der Waals surface area contributed by atoms with E-state index in [0.29, 0.717) is 37.2 Å². The van der Waals surface area contributed by atoms with Crippen LogP contribution in [0, 0.1) is 11.3 Å². The minimum Gasteiger partial charge on any atom is -0.391 e. The van der Waals surface area contributed by atoms with E-state index < -0.39 is 17.6 Å². The van der Waals surface area contributed by atoms with Crippen molar-refractivity contribution in [2.45, 2.75) is 32.8 Å². The molecule has 1 aromatic rings. The van der Waals surface area contributed by atoms with Gasteiger partial charge in [0, 0.05) is 43.2 Å². The number of hydrogen-bond acceptors (Lipinski definition) is 5. The Morgan fingerprint density at radius 2 is 2.08 bits per heavy atom. The maximum absolute atomic E-state index is 12.3. The number of rotatable bonds is 3. The zero-order valence-electron chi connectivity index (χ0n) is 13.9. The van der Waals surface area contributed by atoms with Crippen molar-refractivity contribution in [2.75, 3.05) is 19.6 Å². The quantitative estimate of drug-likeness (QED) is 0.614. The molecule has 1 aliphatic carbocycles. The summed E-state index contributed by atoms with van der Waals surface area (Å²) in [6, 6.07) is 1.41. The number of aliphatic hydroxyl groups is 1. The van der Waals surface area contributed by atoms with E-state index in [-0.39, 0.29) is 29.2 Å². The minimum atomic E-state index is -0.518. The molecule has 0 bridgehead atoms. The number of ketones is 1. The van der Waals surface area contributed by atoms with E-state index in [4.69, 9.17) is 0 Å². The number of aromatic nitrogens is 1. The maximum atomic E-state index is 12.3. The fourth-order valence-electron chi connectivity index (χ4n) is 3.44. The number of fused-ring (bicyclic) bond motifs is 1. The van der Waals surface area contributed by atoms with Crippen molar-refractivity contribution in [3.8, 4) is 0 Å². The molecule has 1 amide bonds. The van der Waals surface area contributed by atoms with Crippen molar-refractivity contribution in [1.29, 1.82) is 0 Å². The molecule has 3 rings (SSSR count). The molecular weight excluding hydrogens is 310 g/mol. The van der Waals surface area contributed by atoms with E-state index in [0.717, 1.165) is 0 Å². The molecule has 2 aliphatic rings. The molecule has 1 fully saturated rings. The van der Waals surface area contributed by atoms with Crippen LogP contribution in [-0.4, -0.2) is 47.5 Å². The van der Waals surface area contributed by atoms with E-state index >= 15 is 0 Å². The SMILES string of the molecule is CC1(C)CC(=O)c2cc(C(=O)NCC3CNCC3O)c(=O)[nH]c2C1. The summed E-state index contributed by atoms with van der Waals surface area (Å²) in [4.78, 5) is 39.5. The van der Waals surface area contributed by atoms with Gasteiger partial charge >= 0.3 is 0 Å². The predicted octanol–water partition coefficient (Wildman–Crippen LogP) is -0.160. The van der Waals surface area contributed by atoms with Crippen molar-refractivity contribution in [2.24, 2.45) is 11.3 Å². The van der Waals surface area contributed by atoms with Gasteiger partial charge in [-0.2, -0.15) is 0 Å². The van der Waals surface area contributed by atoms with Gasteiger partial charge in [0.1, 0.15) is 5.56 Å². The molecule has 2 unspecified atom stereocenters. The zero-order chi connectivity index (χ0) is 17.5. The lowest BCUT2D eigenvalue weighted by molar-refractivity contribution is 0.0910. The number of pyridine rings is 1. The van der Waals surface area contributed by atoms with Crippen LogP contribution < -0.4 is 16.2 Å². The Labute approximate surface area is 139 Å². The highest BCUT2D eigenvalue weighted by Crippen LogP contribution is 2.33. The van der Waals surface area contributed by atoms with Crippen LogP contribution in [0.2, 0.25) is 0 Å². The molecule has 0 aromatic carbocycles. The highest BCUT2D eigenvalue weighted by atomic mass is 16.3. The Morgan fingerprint density at radius 3 is 2.75 bits per heavy atom. The van der Waals surface area contributed by atoms with Crippen LogP contribution in [0.25, 0.3) is 0 Å². The molecular formula is C17H23N3O4. The Kier molecular flexibility index (Phi) is 4.31. The number of nitrogens with one attached hydrogen (secondary N) is 3. The van der Waals surface area contributed by atoms with E-state index in [1.165, 1.54) is 6.07 Å². The average molecular weight is 333 g/mol. The average Bonchev–Trinajstić information content (AvgIpc) is 2.88. The van der Waals surface area contributed by atoms with Gasteiger partial charge in [-0.3, -0.25) is 14.4 Å². The molecule has 0 saturated carbocycles. The number of H-pyrrole nitrogens is 1. The highest BCUT2D eigenvalue weighted by Gasteiger charge is 2.33. The standard InChI is InChI=1S/C17H23N3O4/c1-17(2)4-12-10(13(21)5-17)3-11(16(24)20-12)15(23)19-7-9-6-18-8-14(9)22/h3,9,14,18,22H,4-8H2,1-2H3,(H,19,23)(H,20,24). The molecule has 0 radical (unpaired) electrons. The molecule has 0 spiro atoms. The van der Waals surface area contributed by atoms with Crippen LogP contribution in [0.4, 0.5) is 0 Å². The Bertz CT molecular complexity index is 738. The Morgan fingerprint density at radius 1 is 1.33 bits per heavy atom. The lowest BCUT2D eigenvalue weighted by atomic mass is 9.75. The van der Waals surface area contributed by atoms with Gasteiger partial charge in [0.25, 0.3) is 11.5 Å². The summed E-state index contributed by atoms with van der Waals surface area (Å²) in [7, 11) is 0. The predicted molar refractivity (Wildman–Crippen MR) is 88.2 cm³/mol. The second-order valence-electron chi connectivity index (χ2n) is 7.54. The normalized spacial score (nSPS) is 25.4. The maximum Gasteiger partial charge on any atom is 0.261 e. The van der Waals surface area contributed by atoms with Crippen molar-refractivity contribution in [1.82, 2.24) is 15.6 Å². The number of aromatic amines is 1. The number of amides is 1. The summed E-state index contributed by atoms with van der Waals surface area (Å²) >= 11 is 0. The summed E-state index contributed by atoms with van der Waals surface area (Å²) in [5.74, 6) is -0.647. The molecule has 1 saturated heterocycles. The molecule has 130 valence electrons. The van der Waals surface area contributed by atoms with Crippen LogP contribution >= 0.6 is 0 Å². The molecule has 2 heterocycles. The summed E-state index contributed by atoms with van der Waals surface area (Å²) in [5, 5.41) is 15.5. The van der Waals surface area contributed by atoms with Crippen molar-refractivity contribution in [3.05, 3.63) is 33.2 Å². The summed E-state index contributed by atoms with van der Waals surface area (Å²) in [6.45, 7) is 5.37. The molecule has 1 aromatic heterocycles. The summed E-state index contributed by atoms with van der Waals surface area (Å²) < 4.78 is 0. The minimum absolute atomic E-state index is 0.0535. The first-order chi connectivity index (χ1) is 11.3. The number of β-amino-alcohol motifs (C(OH)–C–C–N with tert-alkyl or cyclic N) is 1. The largest absolute Gasteiger partial charge is 0.391 e. The van der Waals surface area contributed by atoms with Gasteiger partial charge in [0.05, 0.1) is 6.10 Å². The second-order valence-corrected chi connectivity index (χ2v) is 7.54. The molecule has 1 aliphatic heterocycles. The van der Waals surface area contributed by atoms with Crippen LogP contribution in [0.1, 0.15) is 46.7 Å². The van der Waals surface area contributed by atoms with Crippen LogP contribution in [0.5, 0.6) is 0 Å². The van der Waals surface area contributed by atoms with E-state index in [9.17, 15) is 19.5 Å². The van der Waals surface area contributed by atoms with Gasteiger partial charge in [-0.25, -0.2) is 0 Å². The van der Waals surface area contributed by atoms with Gasteiger partial charge in [0.2, 0.25) is 0 Å². The number of carbonyl (C=O) groups excluding carboxylic acids is 2. The monoisotopic (exact) mass is 333 g/mol. The summed E-state index contributed by atoms with van der Waals surface area (Å²) in [5.41, 5.74) is 0.307. The zero-order valence-corrected chi connectivity index (χ0v) is 13.9. The van der Waals surface area contributed by atoms with Gasteiger partial charge < -0.3 is 20.7 Å². The third kappa shape index (κ3) is 3.27. The third-order valence-electron chi connectivity index (χ3n) is 4.79. The van der Waals surface area contributed by atoms with E-state index in [1.54, 1.807) is 0 Å². The van der Waals surface area contributed by atoms with Crippen LogP contribution in [0.3, 0.4) is 0 Å². The number of Topliss-reactive ketones (excluding diaryl/α,β-unsaturated/α-hetero) is 1. The summed E-state index contributed by atoms with van der Waals surface area (Å²) in [6.07, 6.45) is 0.494. The lowest BCUT2D eigenvalue weighted by Gasteiger charge is -2.29.